The van der Waals surface area contributed by atoms with E-state index in [0.29, 0.717) is 75.5 Å². The van der Waals surface area contributed by atoms with E-state index in [9.17, 15) is 33.6 Å². The summed E-state index contributed by atoms with van der Waals surface area (Å²) in [6, 6.07) is -0.658. The van der Waals surface area contributed by atoms with Crippen molar-refractivity contribution in [1.82, 2.24) is 40.2 Å². The number of hydrogen-bond donors (Lipinski definition) is 2. The third kappa shape index (κ3) is 20.7. The van der Waals surface area contributed by atoms with Crippen LogP contribution in [-0.2, 0) is 46.3 Å². The van der Waals surface area contributed by atoms with E-state index in [-0.39, 0.29) is 51.3 Å². The van der Waals surface area contributed by atoms with Crippen LogP contribution in [0.2, 0.25) is 0 Å². The zero-order chi connectivity index (χ0) is 60.5. The molecule has 4 aromatic rings. The summed E-state index contributed by atoms with van der Waals surface area (Å²) in [5.41, 5.74) is -2.77. The van der Waals surface area contributed by atoms with Crippen LogP contribution in [-0.4, -0.2) is 112 Å². The molecule has 6 amide bonds. The summed E-state index contributed by atoms with van der Waals surface area (Å²) < 4.78 is 37.6. The minimum absolute atomic E-state index is 0.0850. The van der Waals surface area contributed by atoms with Crippen molar-refractivity contribution in [3.8, 4) is 0 Å². The number of fused-ring (bicyclic) bond motifs is 2. The molecule has 0 aliphatic rings. The van der Waals surface area contributed by atoms with Crippen molar-refractivity contribution in [2.45, 2.75) is 216 Å². The Morgan fingerprint density at radius 2 is 0.988 bits per heavy atom. The first kappa shape index (κ1) is 66.9. The second-order valence-corrected chi connectivity index (χ2v) is 26.6. The van der Waals surface area contributed by atoms with Gasteiger partial charge in [-0.05, 0) is 204 Å². The smallest absolute Gasteiger partial charge is 0.433 e. The maximum Gasteiger partial charge on any atom is 0.433 e. The molecule has 0 radical (unpaired) electrons. The number of carbonyl (C=O) groups excluding carboxylic acids is 7. The number of allylic oxidation sites excluding steroid dienone is 1. The summed E-state index contributed by atoms with van der Waals surface area (Å²) >= 11 is 9.11. The molecule has 0 bridgehead atoms. The largest absolute Gasteiger partial charge is 0.444 e. The summed E-state index contributed by atoms with van der Waals surface area (Å²) in [4.78, 5) is 104. The average molecular weight is 1360 g/mol. The van der Waals surface area contributed by atoms with E-state index in [4.69, 9.17) is 33.5 Å². The molecule has 0 unspecified atom stereocenters. The minimum Gasteiger partial charge on any atom is -0.444 e. The Labute approximate surface area is 498 Å². The predicted molar refractivity (Wildman–Crippen MR) is 317 cm³/mol. The number of anilines is 2. The minimum atomic E-state index is -1.32. The van der Waals surface area contributed by atoms with Crippen LogP contribution < -0.4 is 20.4 Å². The number of nitrogens with one attached hydrogen (secondary N) is 2. The summed E-state index contributed by atoms with van der Waals surface area (Å²) in [5.74, 6) is -1.14. The number of aryl methyl sites for hydroxylation is 2. The van der Waals surface area contributed by atoms with Crippen LogP contribution >= 0.6 is 54.5 Å². The molecule has 0 fully saturated rings. The molecule has 4 heterocycles. The van der Waals surface area contributed by atoms with Crippen molar-refractivity contribution in [1.29, 1.82) is 0 Å². The highest BCUT2D eigenvalue weighted by molar-refractivity contribution is 14.1. The van der Waals surface area contributed by atoms with Crippen molar-refractivity contribution in [2.75, 3.05) is 9.80 Å². The zero-order valence-electron chi connectivity index (χ0n) is 48.8. The van der Waals surface area contributed by atoms with Crippen LogP contribution in [0.1, 0.15) is 168 Å². The Morgan fingerprint density at radius 3 is 1.43 bits per heavy atom. The van der Waals surface area contributed by atoms with Crippen molar-refractivity contribution in [2.24, 2.45) is 0 Å². The first-order valence-electron chi connectivity index (χ1n) is 26.2. The lowest BCUT2D eigenvalue weighted by atomic mass is 10.1. The van der Waals surface area contributed by atoms with Gasteiger partial charge in [0.05, 0.1) is 25.4 Å². The van der Waals surface area contributed by atoms with E-state index in [1.807, 2.05) is 26.0 Å². The first-order valence-corrected chi connectivity index (χ1v) is 28.9. The predicted octanol–water partition coefficient (Wildman–Crippen LogP) is 13.7. The van der Waals surface area contributed by atoms with Crippen LogP contribution in [0.15, 0.2) is 27.7 Å². The number of rotatable bonds is 17. The second kappa shape index (κ2) is 27.4. The third-order valence-corrected chi connectivity index (χ3v) is 12.5. The SMILES string of the molecule is C[C@H](CCn1nc(Br)c2c(N(C(=O)OC(=O)CCCCC/C=C/c3cnc(N(C(=O)OC(C)(C)C)C(=O)OC(C)(C)C)c4c(Br)nn(CC[C@@H](C)NC(=O)OC(C)(C)C)c34)C(=O)OC(C)(C)C)ncc(I)c21)NC(=O)OC(C)(C)C. The number of alkyl carbamates (subject to hydrolysis) is 2. The highest BCUT2D eigenvalue weighted by atomic mass is 127. The average Bonchev–Trinajstić information content (AvgIpc) is 3.79. The molecule has 0 aliphatic carbocycles. The molecule has 23 nitrogen and oxygen atoms in total. The van der Waals surface area contributed by atoms with Gasteiger partial charge in [0.25, 0.3) is 0 Å². The number of unbranched alkanes of at least 4 members (excludes halogenated alkanes) is 3. The van der Waals surface area contributed by atoms with Gasteiger partial charge in [0.15, 0.2) is 11.6 Å². The summed E-state index contributed by atoms with van der Waals surface area (Å²) in [7, 11) is 0. The van der Waals surface area contributed by atoms with Gasteiger partial charge in [-0.1, -0.05) is 18.6 Å². The van der Waals surface area contributed by atoms with Gasteiger partial charge in [-0.15, -0.1) is 0 Å². The first-order chi connectivity index (χ1) is 36.7. The maximum absolute atomic E-state index is 13.9. The Bertz CT molecular complexity index is 2920. The zero-order valence-corrected chi connectivity index (χ0v) is 54.2. The van der Waals surface area contributed by atoms with Gasteiger partial charge < -0.3 is 39.1 Å². The van der Waals surface area contributed by atoms with Gasteiger partial charge in [-0.2, -0.15) is 20.0 Å². The van der Waals surface area contributed by atoms with E-state index in [1.54, 1.807) is 113 Å². The Hall–Kier alpha value is -5.64. The van der Waals surface area contributed by atoms with Gasteiger partial charge in [-0.3, -0.25) is 14.2 Å². The van der Waals surface area contributed by atoms with E-state index in [2.05, 4.69) is 80.2 Å². The number of aromatic nitrogens is 6. The number of ether oxygens (including phenoxy) is 6. The van der Waals surface area contributed by atoms with Gasteiger partial charge in [0.2, 0.25) is 0 Å². The molecule has 4 aromatic heterocycles. The van der Waals surface area contributed by atoms with Crippen LogP contribution in [0.25, 0.3) is 27.9 Å². The highest BCUT2D eigenvalue weighted by Gasteiger charge is 2.38. The second-order valence-electron chi connectivity index (χ2n) is 24.0. The van der Waals surface area contributed by atoms with Gasteiger partial charge in [0.1, 0.15) is 37.2 Å². The van der Waals surface area contributed by atoms with E-state index >= 15 is 0 Å². The number of esters is 1. The molecule has 0 aromatic carbocycles. The lowest BCUT2D eigenvalue weighted by molar-refractivity contribution is -0.137. The van der Waals surface area contributed by atoms with Crippen molar-refractivity contribution >= 4 is 136 Å². The Balaban J connectivity index is 1.54. The molecular weight excluding hydrogens is 1280 g/mol. The molecule has 2 atom stereocenters. The van der Waals surface area contributed by atoms with Crippen LogP contribution in [0.4, 0.5) is 40.4 Å². The van der Waals surface area contributed by atoms with Crippen molar-refractivity contribution in [3.63, 3.8) is 0 Å². The fraction of sp³-hybridized carbons (Fsp3) is 0.611. The Kier molecular flexibility index (Phi) is 22.9. The van der Waals surface area contributed by atoms with Crippen LogP contribution in [0.5, 0.6) is 0 Å². The molecule has 4 rings (SSSR count). The summed E-state index contributed by atoms with van der Waals surface area (Å²) in [6.45, 7) is 29.8. The quantitative estimate of drug-likeness (QED) is 0.0327. The molecule has 2 N–H and O–H groups in total. The number of nitrogens with zero attached hydrogens (tertiary/aromatic N) is 8. The summed E-state index contributed by atoms with van der Waals surface area (Å²) in [6.07, 6.45) is 3.81. The third-order valence-electron chi connectivity index (χ3n) is 10.6. The standard InChI is InChI=1S/C54H77Br2IN10O13/c1-31(60-44(69)76-50(3,4)5)25-27-64-38-33(29-58-42(36(38)40(55)62-64)67(48(73)79-53(12,13)14)49(74)80-54(15,16)17)23-21-19-18-20-22-24-35(68)75-46(71)66(47(72)78-52(9,10)11)43-37-39(34(57)30-59-43)65(63-41(37)56)28-26-32(2)61-45(70)77-51(6,7)8/h21,23,29-32H,18-20,22,24-28H2,1-17H3,(H,60,69)(H,61,70)/b23-21+/t31-,32-/m1/s1. The molecule has 442 valence electrons. The van der Waals surface area contributed by atoms with Crippen LogP contribution in [0.3, 0.4) is 0 Å². The van der Waals surface area contributed by atoms with Crippen molar-refractivity contribution in [3.05, 3.63) is 36.8 Å². The van der Waals surface area contributed by atoms with Crippen molar-refractivity contribution < 1.29 is 62.0 Å². The number of pyridine rings is 2. The lowest BCUT2D eigenvalue weighted by Gasteiger charge is -2.28. The molecule has 26 heteroatoms. The lowest BCUT2D eigenvalue weighted by Crippen LogP contribution is -2.44. The van der Waals surface area contributed by atoms with Crippen LogP contribution in [0, 0.1) is 3.57 Å². The highest BCUT2D eigenvalue weighted by Crippen LogP contribution is 2.38. The molecule has 0 saturated heterocycles. The molecule has 0 aliphatic heterocycles. The molecular formula is C54H77Br2IN10O13. The normalized spacial score (nSPS) is 13.2. The van der Waals surface area contributed by atoms with Gasteiger partial charge in [0, 0.05) is 49.6 Å². The topological polar surface area (TPSA) is 267 Å². The number of amides is 6. The van der Waals surface area contributed by atoms with Gasteiger partial charge >= 0.3 is 42.5 Å². The Morgan fingerprint density at radius 1 is 0.588 bits per heavy atom. The fourth-order valence-electron chi connectivity index (χ4n) is 7.41. The van der Waals surface area contributed by atoms with E-state index in [0.717, 1.165) is 4.90 Å². The maximum atomic E-state index is 13.9. The van der Waals surface area contributed by atoms with Gasteiger partial charge in [-0.25, -0.2) is 38.7 Å². The number of hydrogen-bond acceptors (Lipinski definition) is 17. The summed E-state index contributed by atoms with van der Waals surface area (Å²) in [5, 5.41) is 15.6. The number of halogens is 3. The molecule has 0 saturated carbocycles. The van der Waals surface area contributed by atoms with E-state index < -0.39 is 70.5 Å². The fourth-order valence-corrected chi connectivity index (χ4v) is 9.21. The monoisotopic (exact) mass is 1360 g/mol. The number of carbonyl (C=O) groups is 7. The molecule has 0 spiro atoms. The number of imide groups is 2. The molecule has 80 heavy (non-hydrogen) atoms. The van der Waals surface area contributed by atoms with E-state index in [1.165, 1.54) is 12.4 Å².